The largest absolute Gasteiger partial charge is 0.435 e. The van der Waals surface area contributed by atoms with E-state index >= 15 is 0 Å². The Bertz CT molecular complexity index is 2850. The van der Waals surface area contributed by atoms with Gasteiger partial charge in [0.1, 0.15) is 5.52 Å². The predicted octanol–water partition coefficient (Wildman–Crippen LogP) is 13.8. The number of para-hydroxylation sites is 1. The molecule has 0 spiro atoms. The third kappa shape index (κ3) is 5.08. The van der Waals surface area contributed by atoms with Gasteiger partial charge in [0.2, 0.25) is 5.89 Å². The van der Waals surface area contributed by atoms with Gasteiger partial charge in [0.05, 0.1) is 5.69 Å². The number of thiophene rings is 1. The van der Waals surface area contributed by atoms with Gasteiger partial charge in [-0.2, -0.15) is 0 Å². The molecular weight excluding hydrogens is 641 g/mol. The van der Waals surface area contributed by atoms with Gasteiger partial charge in [-0.05, 0) is 71.1 Å². The maximum atomic E-state index is 6.50. The van der Waals surface area contributed by atoms with Gasteiger partial charge in [-0.1, -0.05) is 127 Å². The molecule has 51 heavy (non-hydrogen) atoms. The Morgan fingerprint density at radius 2 is 1.08 bits per heavy atom. The third-order valence-corrected chi connectivity index (χ3v) is 10.8. The normalized spacial score (nSPS) is 11.5. The number of anilines is 3. The van der Waals surface area contributed by atoms with Gasteiger partial charge in [0.15, 0.2) is 5.58 Å². The van der Waals surface area contributed by atoms with Gasteiger partial charge < -0.3 is 9.32 Å². The maximum Gasteiger partial charge on any atom is 0.227 e. The first-order valence-corrected chi connectivity index (χ1v) is 17.9. The first-order valence-electron chi connectivity index (χ1n) is 17.1. The summed E-state index contributed by atoms with van der Waals surface area (Å²) in [5.74, 6) is 0.625. The fourth-order valence-corrected chi connectivity index (χ4v) is 8.40. The van der Waals surface area contributed by atoms with Crippen LogP contribution in [-0.4, -0.2) is 4.98 Å². The molecule has 0 aliphatic carbocycles. The quantitative estimate of drug-likeness (QED) is 0.176. The Morgan fingerprint density at radius 1 is 0.451 bits per heavy atom. The molecule has 0 atom stereocenters. The highest BCUT2D eigenvalue weighted by Crippen LogP contribution is 2.45. The maximum absolute atomic E-state index is 6.50. The van der Waals surface area contributed by atoms with Crippen LogP contribution in [0, 0.1) is 0 Å². The molecule has 3 nitrogen and oxygen atoms in total. The summed E-state index contributed by atoms with van der Waals surface area (Å²) < 4.78 is 9.07. The van der Waals surface area contributed by atoms with Gasteiger partial charge in [-0.15, -0.1) is 11.3 Å². The van der Waals surface area contributed by atoms with Crippen molar-refractivity contribution in [1.29, 1.82) is 0 Å². The Kier molecular flexibility index (Phi) is 7.00. The van der Waals surface area contributed by atoms with Crippen molar-refractivity contribution in [2.45, 2.75) is 0 Å². The molecule has 2 heterocycles. The Morgan fingerprint density at radius 3 is 1.90 bits per heavy atom. The van der Waals surface area contributed by atoms with Crippen LogP contribution in [-0.2, 0) is 0 Å². The van der Waals surface area contributed by atoms with Crippen LogP contribution >= 0.6 is 11.3 Å². The molecule has 10 rings (SSSR count). The van der Waals surface area contributed by atoms with Crippen LogP contribution < -0.4 is 4.90 Å². The molecule has 10 aromatic rings. The highest BCUT2D eigenvalue weighted by atomic mass is 32.1. The standard InChI is InChI=1S/C47H30N2OS/c1-3-13-31(14-4-1)37-18-9-11-21-42(37)49(36-27-28-40-39-20-10-12-22-43(39)51-44(40)30-36)35-25-23-32(24-26-35)41-29-34-17-7-8-19-38(34)46-45(41)48-47(50-46)33-15-5-2-6-16-33/h1-30H. The molecule has 4 heteroatoms. The van der Waals surface area contributed by atoms with E-state index in [0.717, 1.165) is 55.6 Å². The molecule has 0 aliphatic heterocycles. The number of hydrogen-bond acceptors (Lipinski definition) is 4. The van der Waals surface area contributed by atoms with Gasteiger partial charge in [0.25, 0.3) is 0 Å². The van der Waals surface area contributed by atoms with E-state index in [1.165, 1.54) is 31.3 Å². The molecule has 0 unspecified atom stereocenters. The molecule has 2 aromatic heterocycles. The molecule has 0 saturated heterocycles. The van der Waals surface area contributed by atoms with E-state index in [1.807, 2.05) is 41.7 Å². The van der Waals surface area contributed by atoms with Crippen molar-refractivity contribution in [3.8, 4) is 33.7 Å². The summed E-state index contributed by atoms with van der Waals surface area (Å²) in [6.45, 7) is 0. The van der Waals surface area contributed by atoms with Crippen LogP contribution in [0.4, 0.5) is 17.1 Å². The molecule has 0 aliphatic rings. The first kappa shape index (κ1) is 29.4. The number of benzene rings is 8. The lowest BCUT2D eigenvalue weighted by Gasteiger charge is -2.28. The second kappa shape index (κ2) is 12.1. The molecule has 0 saturated carbocycles. The van der Waals surface area contributed by atoms with E-state index < -0.39 is 0 Å². The number of nitrogens with zero attached hydrogens (tertiary/aromatic N) is 2. The Balaban J connectivity index is 1.14. The van der Waals surface area contributed by atoms with Crippen LogP contribution in [0.3, 0.4) is 0 Å². The van der Waals surface area contributed by atoms with E-state index in [0.29, 0.717) is 5.89 Å². The zero-order valence-corrected chi connectivity index (χ0v) is 28.3. The van der Waals surface area contributed by atoms with Crippen LogP contribution in [0.15, 0.2) is 186 Å². The summed E-state index contributed by atoms with van der Waals surface area (Å²) in [5.41, 5.74) is 10.4. The lowest BCUT2D eigenvalue weighted by molar-refractivity contribution is 0.623. The van der Waals surface area contributed by atoms with Crippen molar-refractivity contribution in [3.05, 3.63) is 182 Å². The van der Waals surface area contributed by atoms with E-state index in [9.17, 15) is 0 Å². The van der Waals surface area contributed by atoms with Crippen LogP contribution in [0.5, 0.6) is 0 Å². The Labute approximate surface area is 299 Å². The monoisotopic (exact) mass is 670 g/mol. The van der Waals surface area contributed by atoms with Gasteiger partial charge in [-0.3, -0.25) is 0 Å². The SMILES string of the molecule is c1ccc(-c2nc3c(-c4ccc(N(c5ccc6c(c5)sc5ccccc56)c5ccccc5-c5ccccc5)cc4)cc4ccccc4c3o2)cc1. The van der Waals surface area contributed by atoms with Crippen molar-refractivity contribution in [1.82, 2.24) is 4.98 Å². The smallest absolute Gasteiger partial charge is 0.227 e. The third-order valence-electron chi connectivity index (χ3n) is 9.70. The van der Waals surface area contributed by atoms with Gasteiger partial charge >= 0.3 is 0 Å². The molecule has 240 valence electrons. The van der Waals surface area contributed by atoms with E-state index in [4.69, 9.17) is 9.40 Å². The highest BCUT2D eigenvalue weighted by molar-refractivity contribution is 7.25. The topological polar surface area (TPSA) is 29.3 Å². The van der Waals surface area contributed by atoms with Crippen LogP contribution in [0.25, 0.3) is 75.8 Å². The van der Waals surface area contributed by atoms with E-state index in [-0.39, 0.29) is 0 Å². The lowest BCUT2D eigenvalue weighted by atomic mass is 9.98. The number of fused-ring (bicyclic) bond motifs is 6. The highest BCUT2D eigenvalue weighted by Gasteiger charge is 2.20. The molecule has 0 fully saturated rings. The molecule has 0 radical (unpaired) electrons. The van der Waals surface area contributed by atoms with Crippen LogP contribution in [0.1, 0.15) is 0 Å². The summed E-state index contributed by atoms with van der Waals surface area (Å²) in [5, 5.41) is 4.76. The van der Waals surface area contributed by atoms with Gasteiger partial charge in [0, 0.05) is 53.6 Å². The molecular formula is C47H30N2OS. The summed E-state index contributed by atoms with van der Waals surface area (Å²) in [6.07, 6.45) is 0. The Hall–Kier alpha value is -6.49. The van der Waals surface area contributed by atoms with Crippen LogP contribution in [0.2, 0.25) is 0 Å². The minimum atomic E-state index is 0.625. The fourth-order valence-electron chi connectivity index (χ4n) is 7.26. The van der Waals surface area contributed by atoms with Crippen molar-refractivity contribution in [2.24, 2.45) is 0 Å². The second-order valence-electron chi connectivity index (χ2n) is 12.8. The minimum absolute atomic E-state index is 0.625. The average Bonchev–Trinajstić information content (AvgIpc) is 3.82. The van der Waals surface area contributed by atoms with E-state index in [2.05, 4.69) is 157 Å². The number of aromatic nitrogens is 1. The molecule has 0 N–H and O–H groups in total. The fraction of sp³-hybridized carbons (Fsp3) is 0. The van der Waals surface area contributed by atoms with Crippen molar-refractivity contribution < 1.29 is 4.42 Å². The van der Waals surface area contributed by atoms with Crippen molar-refractivity contribution in [2.75, 3.05) is 4.90 Å². The number of hydrogen-bond donors (Lipinski definition) is 0. The molecule has 0 amide bonds. The summed E-state index contributed by atoms with van der Waals surface area (Å²) in [4.78, 5) is 7.46. The lowest BCUT2D eigenvalue weighted by Crippen LogP contribution is -2.11. The van der Waals surface area contributed by atoms with Gasteiger partial charge in [-0.25, -0.2) is 4.98 Å². The molecule has 8 aromatic carbocycles. The van der Waals surface area contributed by atoms with Crippen molar-refractivity contribution >= 4 is 70.4 Å². The summed E-state index contributed by atoms with van der Waals surface area (Å²) >= 11 is 1.84. The summed E-state index contributed by atoms with van der Waals surface area (Å²) in [7, 11) is 0. The minimum Gasteiger partial charge on any atom is -0.435 e. The van der Waals surface area contributed by atoms with E-state index in [1.54, 1.807) is 0 Å². The molecule has 0 bridgehead atoms. The summed E-state index contributed by atoms with van der Waals surface area (Å²) in [6, 6.07) is 64.5. The second-order valence-corrected chi connectivity index (χ2v) is 13.8. The first-order chi connectivity index (χ1) is 25.3. The number of oxazole rings is 1. The zero-order chi connectivity index (χ0) is 33.7. The zero-order valence-electron chi connectivity index (χ0n) is 27.5. The number of rotatable bonds is 6. The average molecular weight is 671 g/mol. The van der Waals surface area contributed by atoms with Crippen molar-refractivity contribution in [3.63, 3.8) is 0 Å². The predicted molar refractivity (Wildman–Crippen MR) is 215 cm³/mol.